The van der Waals surface area contributed by atoms with Crippen molar-refractivity contribution in [1.82, 2.24) is 5.32 Å². The van der Waals surface area contributed by atoms with Crippen LogP contribution in [-0.2, 0) is 0 Å². The molecule has 2 nitrogen and oxygen atoms in total. The molecule has 0 atom stereocenters. The van der Waals surface area contributed by atoms with E-state index in [1.807, 2.05) is 0 Å². The molecule has 0 spiro atoms. The van der Waals surface area contributed by atoms with Gasteiger partial charge >= 0.3 is 0 Å². The standard InChI is InChI=1S/C12H22N2/c1-12(2,3)9-14-11-8-6-5-7-10(11)13-4/h14H,4-9H2,1-3H3. The normalized spacial score (nSPS) is 18.2. The van der Waals surface area contributed by atoms with E-state index in [4.69, 9.17) is 0 Å². The van der Waals surface area contributed by atoms with Crippen molar-refractivity contribution >= 4 is 6.72 Å². The fourth-order valence-electron chi connectivity index (χ4n) is 1.63. The number of hydrogen-bond donors (Lipinski definition) is 1. The highest BCUT2D eigenvalue weighted by molar-refractivity contribution is 5.31. The Hall–Kier alpha value is -0.790. The molecule has 0 aliphatic heterocycles. The molecule has 1 N–H and O–H groups in total. The van der Waals surface area contributed by atoms with Gasteiger partial charge in [0.1, 0.15) is 0 Å². The minimum atomic E-state index is 0.330. The summed E-state index contributed by atoms with van der Waals surface area (Å²) < 4.78 is 0. The Kier molecular flexibility index (Phi) is 3.73. The van der Waals surface area contributed by atoms with E-state index in [2.05, 4.69) is 37.8 Å². The predicted octanol–water partition coefficient (Wildman–Crippen LogP) is 3.11. The molecular formula is C12H22N2. The molecule has 0 bridgehead atoms. The Morgan fingerprint density at radius 1 is 1.29 bits per heavy atom. The largest absolute Gasteiger partial charge is 0.386 e. The van der Waals surface area contributed by atoms with E-state index in [1.165, 1.54) is 24.2 Å². The molecule has 0 aromatic rings. The van der Waals surface area contributed by atoms with Crippen molar-refractivity contribution in [3.8, 4) is 0 Å². The summed E-state index contributed by atoms with van der Waals surface area (Å²) >= 11 is 0. The van der Waals surface area contributed by atoms with Crippen molar-refractivity contribution in [1.29, 1.82) is 0 Å². The molecule has 0 saturated heterocycles. The first-order valence-corrected chi connectivity index (χ1v) is 5.45. The molecule has 14 heavy (non-hydrogen) atoms. The first-order valence-electron chi connectivity index (χ1n) is 5.45. The second-order valence-corrected chi connectivity index (χ2v) is 5.20. The zero-order chi connectivity index (χ0) is 10.6. The zero-order valence-corrected chi connectivity index (χ0v) is 9.69. The fourth-order valence-corrected chi connectivity index (χ4v) is 1.63. The lowest BCUT2D eigenvalue weighted by atomic mass is 9.95. The summed E-state index contributed by atoms with van der Waals surface area (Å²) in [6.07, 6.45) is 4.78. The van der Waals surface area contributed by atoms with Crippen molar-refractivity contribution in [2.75, 3.05) is 6.54 Å². The molecule has 1 rings (SSSR count). The number of nitrogens with zero attached hydrogens (tertiary/aromatic N) is 1. The van der Waals surface area contributed by atoms with Gasteiger partial charge in [-0.15, -0.1) is 0 Å². The SMILES string of the molecule is C=NC1=C(NCC(C)(C)C)CCCC1. The van der Waals surface area contributed by atoms with Gasteiger partial charge < -0.3 is 5.32 Å². The first-order chi connectivity index (χ1) is 6.53. The molecule has 1 aliphatic rings. The van der Waals surface area contributed by atoms with Crippen LogP contribution in [0.3, 0.4) is 0 Å². The smallest absolute Gasteiger partial charge is 0.0585 e. The van der Waals surface area contributed by atoms with Crippen LogP contribution in [0.2, 0.25) is 0 Å². The highest BCUT2D eigenvalue weighted by Gasteiger charge is 2.14. The minimum absolute atomic E-state index is 0.330. The molecular weight excluding hydrogens is 172 g/mol. The third kappa shape index (κ3) is 3.52. The van der Waals surface area contributed by atoms with Crippen LogP contribution in [0.25, 0.3) is 0 Å². The molecule has 0 heterocycles. The minimum Gasteiger partial charge on any atom is -0.386 e. The molecule has 0 unspecified atom stereocenters. The van der Waals surface area contributed by atoms with E-state index in [-0.39, 0.29) is 0 Å². The van der Waals surface area contributed by atoms with Gasteiger partial charge in [0.15, 0.2) is 0 Å². The van der Waals surface area contributed by atoms with Crippen molar-refractivity contribution in [3.63, 3.8) is 0 Å². The number of aliphatic imine (C=N–C) groups is 1. The van der Waals surface area contributed by atoms with Gasteiger partial charge in [-0.2, -0.15) is 0 Å². The monoisotopic (exact) mass is 194 g/mol. The maximum absolute atomic E-state index is 4.10. The number of hydrogen-bond acceptors (Lipinski definition) is 2. The molecule has 0 fully saturated rings. The Bertz CT molecular complexity index is 233. The van der Waals surface area contributed by atoms with Gasteiger partial charge in [-0.1, -0.05) is 20.8 Å². The lowest BCUT2D eigenvalue weighted by Gasteiger charge is -2.24. The Balaban J connectivity index is 2.56. The highest BCUT2D eigenvalue weighted by atomic mass is 14.9. The Morgan fingerprint density at radius 3 is 2.50 bits per heavy atom. The van der Waals surface area contributed by atoms with Crippen LogP contribution in [0, 0.1) is 5.41 Å². The van der Waals surface area contributed by atoms with Crippen LogP contribution < -0.4 is 5.32 Å². The van der Waals surface area contributed by atoms with Gasteiger partial charge in [-0.05, 0) is 37.8 Å². The van der Waals surface area contributed by atoms with E-state index < -0.39 is 0 Å². The number of nitrogens with one attached hydrogen (secondary N) is 1. The van der Waals surface area contributed by atoms with E-state index in [1.54, 1.807) is 0 Å². The van der Waals surface area contributed by atoms with E-state index in [9.17, 15) is 0 Å². The van der Waals surface area contributed by atoms with Gasteiger partial charge in [-0.3, -0.25) is 4.99 Å². The van der Waals surface area contributed by atoms with E-state index in [0.29, 0.717) is 5.41 Å². The summed E-state index contributed by atoms with van der Waals surface area (Å²) in [5, 5.41) is 3.51. The lowest BCUT2D eigenvalue weighted by molar-refractivity contribution is 0.389. The summed E-state index contributed by atoms with van der Waals surface area (Å²) in [6.45, 7) is 11.4. The van der Waals surface area contributed by atoms with Crippen LogP contribution in [0.5, 0.6) is 0 Å². The van der Waals surface area contributed by atoms with Crippen LogP contribution in [0.4, 0.5) is 0 Å². The average Bonchev–Trinajstić information content (AvgIpc) is 2.14. The lowest BCUT2D eigenvalue weighted by Crippen LogP contribution is -2.28. The molecule has 2 heteroatoms. The van der Waals surface area contributed by atoms with Crippen LogP contribution in [0.1, 0.15) is 46.5 Å². The molecule has 0 amide bonds. The molecule has 0 aromatic heterocycles. The third-order valence-corrected chi connectivity index (χ3v) is 2.46. The van der Waals surface area contributed by atoms with Crippen LogP contribution in [0.15, 0.2) is 16.4 Å². The van der Waals surface area contributed by atoms with Gasteiger partial charge in [0.2, 0.25) is 0 Å². The number of rotatable bonds is 3. The maximum Gasteiger partial charge on any atom is 0.0585 e. The molecule has 0 aromatic carbocycles. The average molecular weight is 194 g/mol. The highest BCUT2D eigenvalue weighted by Crippen LogP contribution is 2.24. The van der Waals surface area contributed by atoms with Gasteiger partial charge in [0.05, 0.1) is 5.70 Å². The fraction of sp³-hybridized carbons (Fsp3) is 0.750. The molecule has 80 valence electrons. The second-order valence-electron chi connectivity index (χ2n) is 5.20. The molecule has 0 saturated carbocycles. The predicted molar refractivity (Wildman–Crippen MR) is 62.5 cm³/mol. The first kappa shape index (κ1) is 11.3. The molecule has 0 radical (unpaired) electrons. The van der Waals surface area contributed by atoms with E-state index in [0.717, 1.165) is 19.4 Å². The number of allylic oxidation sites excluding steroid dienone is 2. The third-order valence-electron chi connectivity index (χ3n) is 2.46. The quantitative estimate of drug-likeness (QED) is 0.686. The van der Waals surface area contributed by atoms with E-state index >= 15 is 0 Å². The van der Waals surface area contributed by atoms with Crippen LogP contribution >= 0.6 is 0 Å². The van der Waals surface area contributed by atoms with Gasteiger partial charge in [-0.25, -0.2) is 0 Å². The Morgan fingerprint density at radius 2 is 1.93 bits per heavy atom. The van der Waals surface area contributed by atoms with Crippen molar-refractivity contribution in [3.05, 3.63) is 11.4 Å². The summed E-state index contributed by atoms with van der Waals surface area (Å²) in [4.78, 5) is 4.10. The molecule has 1 aliphatic carbocycles. The topological polar surface area (TPSA) is 24.4 Å². The van der Waals surface area contributed by atoms with Gasteiger partial charge in [0.25, 0.3) is 0 Å². The van der Waals surface area contributed by atoms with Crippen LogP contribution in [-0.4, -0.2) is 13.3 Å². The summed E-state index contributed by atoms with van der Waals surface area (Å²) in [6, 6.07) is 0. The second kappa shape index (κ2) is 4.63. The summed E-state index contributed by atoms with van der Waals surface area (Å²) in [5.41, 5.74) is 2.83. The van der Waals surface area contributed by atoms with Crippen molar-refractivity contribution in [2.45, 2.75) is 46.5 Å². The zero-order valence-electron chi connectivity index (χ0n) is 9.69. The van der Waals surface area contributed by atoms with Crippen molar-refractivity contribution in [2.24, 2.45) is 10.4 Å². The summed E-state index contributed by atoms with van der Waals surface area (Å²) in [7, 11) is 0. The Labute approximate surface area is 87.5 Å². The maximum atomic E-state index is 4.10. The van der Waals surface area contributed by atoms with Gasteiger partial charge in [0, 0.05) is 12.2 Å². The summed E-state index contributed by atoms with van der Waals surface area (Å²) in [5.74, 6) is 0. The van der Waals surface area contributed by atoms with Crippen molar-refractivity contribution < 1.29 is 0 Å².